The monoisotopic (exact) mass is 382 g/mol. The van der Waals surface area contributed by atoms with Gasteiger partial charge in [0.05, 0.1) is 5.69 Å². The molecule has 0 unspecified atom stereocenters. The van der Waals surface area contributed by atoms with E-state index in [2.05, 4.69) is 39.1 Å². The van der Waals surface area contributed by atoms with E-state index in [1.54, 1.807) is 24.5 Å². The molecule has 29 heavy (non-hydrogen) atoms. The maximum absolute atomic E-state index is 14.5. The summed E-state index contributed by atoms with van der Waals surface area (Å²) in [5.74, 6) is 1.05. The summed E-state index contributed by atoms with van der Waals surface area (Å²) in [5, 5.41) is 0. The van der Waals surface area contributed by atoms with Gasteiger partial charge in [-0.05, 0) is 41.8 Å². The van der Waals surface area contributed by atoms with Gasteiger partial charge in [-0.3, -0.25) is 4.98 Å². The number of anilines is 1. The molecule has 5 heteroatoms. The van der Waals surface area contributed by atoms with Crippen LogP contribution in [0.25, 0.3) is 22.6 Å². The first-order valence-electron chi connectivity index (χ1n) is 9.64. The lowest BCUT2D eigenvalue weighted by Crippen LogP contribution is -2.31. The van der Waals surface area contributed by atoms with E-state index in [0.717, 1.165) is 30.9 Å². The Morgan fingerprint density at radius 3 is 2.52 bits per heavy atom. The molecule has 2 aromatic heterocycles. The Labute approximate surface area is 168 Å². The van der Waals surface area contributed by atoms with Crippen LogP contribution in [0.3, 0.4) is 0 Å². The minimum absolute atomic E-state index is 0.293. The van der Waals surface area contributed by atoms with E-state index in [-0.39, 0.29) is 5.82 Å². The van der Waals surface area contributed by atoms with Gasteiger partial charge in [0.2, 0.25) is 0 Å². The highest BCUT2D eigenvalue weighted by Gasteiger charge is 2.20. The van der Waals surface area contributed by atoms with Crippen LogP contribution in [0.1, 0.15) is 11.1 Å². The zero-order chi connectivity index (χ0) is 19.6. The van der Waals surface area contributed by atoms with E-state index in [0.29, 0.717) is 17.1 Å². The molecule has 3 heterocycles. The number of hydrogen-bond acceptors (Lipinski definition) is 4. The van der Waals surface area contributed by atoms with E-state index in [1.165, 1.54) is 17.2 Å². The molecular formula is C24H19FN4. The fraction of sp³-hybridized carbons (Fsp3) is 0.125. The largest absolute Gasteiger partial charge is 0.352 e. The van der Waals surface area contributed by atoms with Crippen LogP contribution in [0, 0.1) is 5.82 Å². The van der Waals surface area contributed by atoms with E-state index >= 15 is 0 Å². The van der Waals surface area contributed by atoms with Crippen LogP contribution >= 0.6 is 0 Å². The summed E-state index contributed by atoms with van der Waals surface area (Å²) >= 11 is 0. The Morgan fingerprint density at radius 2 is 1.69 bits per heavy atom. The molecule has 0 amide bonds. The van der Waals surface area contributed by atoms with Crippen molar-refractivity contribution in [2.24, 2.45) is 0 Å². The molecule has 0 saturated carbocycles. The van der Waals surface area contributed by atoms with Crippen molar-refractivity contribution in [3.05, 3.63) is 96.1 Å². The average Bonchev–Trinajstić information content (AvgIpc) is 2.79. The molecule has 0 spiro atoms. The van der Waals surface area contributed by atoms with Crippen LogP contribution in [0.2, 0.25) is 0 Å². The van der Waals surface area contributed by atoms with Crippen molar-refractivity contribution in [3.8, 4) is 22.6 Å². The zero-order valence-corrected chi connectivity index (χ0v) is 15.8. The van der Waals surface area contributed by atoms with Crippen LogP contribution in [0.15, 0.2) is 79.1 Å². The molecule has 4 nitrogen and oxygen atoms in total. The highest BCUT2D eigenvalue weighted by Crippen LogP contribution is 2.30. The summed E-state index contributed by atoms with van der Waals surface area (Å²) in [4.78, 5) is 15.9. The predicted octanol–water partition coefficient (Wildman–Crippen LogP) is 4.91. The van der Waals surface area contributed by atoms with Crippen molar-refractivity contribution in [3.63, 3.8) is 0 Å². The zero-order valence-electron chi connectivity index (χ0n) is 15.8. The number of aromatic nitrogens is 3. The molecule has 0 bridgehead atoms. The van der Waals surface area contributed by atoms with Gasteiger partial charge >= 0.3 is 0 Å². The number of rotatable bonds is 3. The van der Waals surface area contributed by atoms with E-state index in [9.17, 15) is 4.39 Å². The molecule has 2 aromatic carbocycles. The summed E-state index contributed by atoms with van der Waals surface area (Å²) < 4.78 is 14.5. The van der Waals surface area contributed by atoms with Crippen LogP contribution in [-0.4, -0.2) is 21.5 Å². The predicted molar refractivity (Wildman–Crippen MR) is 112 cm³/mol. The molecule has 0 radical (unpaired) electrons. The molecule has 5 rings (SSSR count). The number of pyridine rings is 1. The summed E-state index contributed by atoms with van der Waals surface area (Å²) in [6, 6.07) is 20.8. The number of halogens is 1. The van der Waals surface area contributed by atoms with Gasteiger partial charge in [-0.2, -0.15) is 0 Å². The second-order valence-electron chi connectivity index (χ2n) is 7.10. The molecule has 0 fully saturated rings. The first-order chi connectivity index (χ1) is 14.3. The molecule has 1 aliphatic rings. The molecule has 0 N–H and O–H groups in total. The molecule has 142 valence electrons. The van der Waals surface area contributed by atoms with Crippen molar-refractivity contribution < 1.29 is 4.39 Å². The van der Waals surface area contributed by atoms with E-state index in [1.807, 2.05) is 24.3 Å². The van der Waals surface area contributed by atoms with Crippen LogP contribution in [-0.2, 0) is 13.0 Å². The number of hydrogen-bond donors (Lipinski definition) is 0. The van der Waals surface area contributed by atoms with Crippen LogP contribution in [0.4, 0.5) is 10.2 Å². The highest BCUT2D eigenvalue weighted by atomic mass is 19.1. The molecule has 0 aliphatic carbocycles. The van der Waals surface area contributed by atoms with E-state index in [4.69, 9.17) is 4.98 Å². The van der Waals surface area contributed by atoms with Gasteiger partial charge in [0.25, 0.3) is 0 Å². The van der Waals surface area contributed by atoms with Gasteiger partial charge in [0.1, 0.15) is 11.6 Å². The number of nitrogens with zero attached hydrogens (tertiary/aromatic N) is 4. The van der Waals surface area contributed by atoms with Crippen molar-refractivity contribution in [1.29, 1.82) is 0 Å². The van der Waals surface area contributed by atoms with Gasteiger partial charge < -0.3 is 4.90 Å². The smallest absolute Gasteiger partial charge is 0.163 e. The van der Waals surface area contributed by atoms with Crippen molar-refractivity contribution >= 4 is 5.82 Å². The van der Waals surface area contributed by atoms with Crippen LogP contribution in [0.5, 0.6) is 0 Å². The minimum atomic E-state index is -0.293. The van der Waals surface area contributed by atoms with Gasteiger partial charge in [0.15, 0.2) is 5.82 Å². The number of fused-ring (bicyclic) bond motifs is 1. The Morgan fingerprint density at radius 1 is 0.862 bits per heavy atom. The van der Waals surface area contributed by atoms with Gasteiger partial charge in [-0.15, -0.1) is 0 Å². The maximum atomic E-state index is 14.5. The topological polar surface area (TPSA) is 41.9 Å². The first-order valence-corrected chi connectivity index (χ1v) is 9.64. The third kappa shape index (κ3) is 3.47. The molecule has 1 aliphatic heterocycles. The molecule has 0 atom stereocenters. The SMILES string of the molecule is Fc1ccccc1-c1cc(N2CCc3ccccc3C2)nc(-c2cccnc2)n1. The lowest BCUT2D eigenvalue weighted by molar-refractivity contribution is 0.630. The Balaban J connectivity index is 1.62. The summed E-state index contributed by atoms with van der Waals surface area (Å²) in [6.07, 6.45) is 4.40. The fourth-order valence-corrected chi connectivity index (χ4v) is 3.72. The third-order valence-corrected chi connectivity index (χ3v) is 5.24. The maximum Gasteiger partial charge on any atom is 0.163 e. The van der Waals surface area contributed by atoms with Crippen molar-refractivity contribution in [1.82, 2.24) is 15.0 Å². The lowest BCUT2D eigenvalue weighted by Gasteiger charge is -2.30. The summed E-state index contributed by atoms with van der Waals surface area (Å²) in [6.45, 7) is 1.63. The summed E-state index contributed by atoms with van der Waals surface area (Å²) in [7, 11) is 0. The van der Waals surface area contributed by atoms with Gasteiger partial charge in [0, 0.05) is 42.7 Å². The van der Waals surface area contributed by atoms with Crippen molar-refractivity contribution in [2.45, 2.75) is 13.0 Å². The van der Waals surface area contributed by atoms with Gasteiger partial charge in [-0.1, -0.05) is 36.4 Å². The quantitative estimate of drug-likeness (QED) is 0.505. The molecule has 0 saturated heterocycles. The third-order valence-electron chi connectivity index (χ3n) is 5.24. The first kappa shape index (κ1) is 17.5. The van der Waals surface area contributed by atoms with Gasteiger partial charge in [-0.25, -0.2) is 14.4 Å². The molecular weight excluding hydrogens is 363 g/mol. The average molecular weight is 382 g/mol. The lowest BCUT2D eigenvalue weighted by atomic mass is 10.00. The Hall–Kier alpha value is -3.60. The Kier molecular flexibility index (Phi) is 4.48. The fourth-order valence-electron chi connectivity index (χ4n) is 3.72. The standard InChI is InChI=1S/C24H19FN4/c25-21-10-4-3-9-20(21)22-14-23(28-24(27-22)18-8-5-12-26-15-18)29-13-11-17-6-1-2-7-19(17)16-29/h1-10,12,14-15H,11,13,16H2. The summed E-state index contributed by atoms with van der Waals surface area (Å²) in [5.41, 5.74) is 4.53. The minimum Gasteiger partial charge on any atom is -0.352 e. The second-order valence-corrected chi connectivity index (χ2v) is 7.10. The number of benzene rings is 2. The molecule has 4 aromatic rings. The Bertz CT molecular complexity index is 1160. The van der Waals surface area contributed by atoms with Crippen LogP contribution < -0.4 is 4.90 Å². The van der Waals surface area contributed by atoms with Crippen molar-refractivity contribution in [2.75, 3.05) is 11.4 Å². The highest BCUT2D eigenvalue weighted by molar-refractivity contribution is 5.68. The van der Waals surface area contributed by atoms with E-state index < -0.39 is 0 Å². The second kappa shape index (κ2) is 7.43. The normalized spacial score (nSPS) is 13.2.